The van der Waals surface area contributed by atoms with Gasteiger partial charge in [-0.2, -0.15) is 0 Å². The molecule has 7 nitrogen and oxygen atoms in total. The molecule has 1 N–H and O–H groups in total. The third-order valence-corrected chi connectivity index (χ3v) is 4.34. The normalized spacial score (nSPS) is 18.0. The minimum absolute atomic E-state index is 0.220. The highest BCUT2D eigenvalue weighted by Crippen LogP contribution is 2.40. The van der Waals surface area contributed by atoms with Gasteiger partial charge in [0.1, 0.15) is 0 Å². The van der Waals surface area contributed by atoms with Crippen LogP contribution >= 0.6 is 0 Å². The summed E-state index contributed by atoms with van der Waals surface area (Å²) in [7, 11) is 0. The number of aryl methyl sites for hydroxylation is 1. The number of rotatable bonds is 5. The highest BCUT2D eigenvalue weighted by atomic mass is 16.5. The van der Waals surface area contributed by atoms with Gasteiger partial charge in [-0.3, -0.25) is 4.79 Å². The van der Waals surface area contributed by atoms with Crippen molar-refractivity contribution in [3.05, 3.63) is 23.5 Å². The molecule has 0 bridgehead atoms. The first kappa shape index (κ1) is 18.5. The Morgan fingerprint density at radius 2 is 2.08 bits per heavy atom. The molecule has 26 heavy (non-hydrogen) atoms. The lowest BCUT2D eigenvalue weighted by Gasteiger charge is -2.20. The van der Waals surface area contributed by atoms with Crippen LogP contribution < -0.4 is 9.47 Å². The molecule has 1 fully saturated rings. The van der Waals surface area contributed by atoms with Gasteiger partial charge in [0.05, 0.1) is 32.5 Å². The molecular formula is C19H25NO6. The molecule has 1 aliphatic heterocycles. The summed E-state index contributed by atoms with van der Waals surface area (Å²) < 4.78 is 22.6. The van der Waals surface area contributed by atoms with E-state index in [0.717, 1.165) is 10.9 Å². The van der Waals surface area contributed by atoms with Crippen molar-refractivity contribution in [3.8, 4) is 11.5 Å². The average Bonchev–Trinajstić information content (AvgIpc) is 2.80. The molecule has 1 amide bonds. The van der Waals surface area contributed by atoms with Crippen LogP contribution in [0.2, 0.25) is 0 Å². The summed E-state index contributed by atoms with van der Waals surface area (Å²) in [6.45, 7) is 7.84. The Kier molecular flexibility index (Phi) is 5.68. The number of nitrogens with zero attached hydrogens (tertiary/aromatic N) is 1. The van der Waals surface area contributed by atoms with E-state index in [-0.39, 0.29) is 24.8 Å². The van der Waals surface area contributed by atoms with Crippen molar-refractivity contribution >= 4 is 16.9 Å². The van der Waals surface area contributed by atoms with Gasteiger partial charge < -0.3 is 28.6 Å². The summed E-state index contributed by atoms with van der Waals surface area (Å²) in [5, 5.41) is 10.7. The standard InChI is InChI=1S/C19H25NO6/c1-4-24-15-7-6-14-12(3)16(26-17(14)18(15)25-5-2)19(22)20-8-9-23-11-13(21)10-20/h6-7,13,21H,4-5,8-11H2,1-3H3/t13-/m1/s1. The zero-order valence-corrected chi connectivity index (χ0v) is 15.4. The third-order valence-electron chi connectivity index (χ3n) is 4.34. The van der Waals surface area contributed by atoms with E-state index < -0.39 is 6.10 Å². The van der Waals surface area contributed by atoms with Crippen LogP contribution in [0.25, 0.3) is 11.0 Å². The van der Waals surface area contributed by atoms with Gasteiger partial charge in [0.2, 0.25) is 5.75 Å². The molecule has 1 aliphatic rings. The molecule has 0 aliphatic carbocycles. The molecule has 0 radical (unpaired) electrons. The minimum atomic E-state index is -0.699. The highest BCUT2D eigenvalue weighted by Gasteiger charge is 2.28. The minimum Gasteiger partial charge on any atom is -0.490 e. The average molecular weight is 363 g/mol. The molecule has 1 saturated heterocycles. The highest BCUT2D eigenvalue weighted by molar-refractivity contribution is 6.00. The largest absolute Gasteiger partial charge is 0.490 e. The van der Waals surface area contributed by atoms with E-state index >= 15 is 0 Å². The fourth-order valence-electron chi connectivity index (χ4n) is 3.12. The van der Waals surface area contributed by atoms with E-state index in [2.05, 4.69) is 0 Å². The van der Waals surface area contributed by atoms with Gasteiger partial charge in [-0.05, 0) is 32.9 Å². The van der Waals surface area contributed by atoms with E-state index in [1.54, 1.807) is 4.90 Å². The Hall–Kier alpha value is -2.25. The van der Waals surface area contributed by atoms with Crippen LogP contribution in [0, 0.1) is 6.92 Å². The van der Waals surface area contributed by atoms with Gasteiger partial charge in [0.25, 0.3) is 5.91 Å². The summed E-state index contributed by atoms with van der Waals surface area (Å²) in [5.74, 6) is 1.09. The number of hydrogen-bond acceptors (Lipinski definition) is 6. The molecule has 0 saturated carbocycles. The zero-order valence-electron chi connectivity index (χ0n) is 15.4. The van der Waals surface area contributed by atoms with Gasteiger partial charge in [-0.15, -0.1) is 0 Å². The molecule has 1 aromatic heterocycles. The number of aliphatic hydroxyl groups excluding tert-OH is 1. The first-order valence-electron chi connectivity index (χ1n) is 8.93. The van der Waals surface area contributed by atoms with Crippen LogP contribution in [0.5, 0.6) is 11.5 Å². The number of carbonyl (C=O) groups excluding carboxylic acids is 1. The van der Waals surface area contributed by atoms with Crippen LogP contribution in [0.1, 0.15) is 30.0 Å². The second kappa shape index (κ2) is 7.97. The summed E-state index contributed by atoms with van der Waals surface area (Å²) in [6.07, 6.45) is -0.699. The van der Waals surface area contributed by atoms with Crippen LogP contribution in [-0.2, 0) is 4.74 Å². The van der Waals surface area contributed by atoms with Crippen LogP contribution in [0.3, 0.4) is 0 Å². The summed E-state index contributed by atoms with van der Waals surface area (Å²) in [6, 6.07) is 3.70. The van der Waals surface area contributed by atoms with E-state index in [4.69, 9.17) is 18.6 Å². The Balaban J connectivity index is 2.02. The number of ether oxygens (including phenoxy) is 3. The second-order valence-electron chi connectivity index (χ2n) is 6.17. The molecule has 1 atom stereocenters. The predicted molar refractivity (Wildman–Crippen MR) is 96.0 cm³/mol. The number of β-amino-alcohol motifs (C(OH)–C–C–N with tert-alkyl or cyclic N) is 1. The lowest BCUT2D eigenvalue weighted by atomic mass is 10.1. The molecule has 0 spiro atoms. The van der Waals surface area contributed by atoms with Crippen LogP contribution in [0.15, 0.2) is 16.5 Å². The maximum Gasteiger partial charge on any atom is 0.290 e. The number of amides is 1. The number of furan rings is 1. The smallest absolute Gasteiger partial charge is 0.290 e. The van der Waals surface area contributed by atoms with Crippen LogP contribution in [-0.4, -0.2) is 61.5 Å². The Morgan fingerprint density at radius 1 is 1.31 bits per heavy atom. The lowest BCUT2D eigenvalue weighted by molar-refractivity contribution is 0.0526. The summed E-state index contributed by atoms with van der Waals surface area (Å²) >= 11 is 0. The SMILES string of the molecule is CCOc1ccc2c(C)c(C(=O)N3CCOC[C@H](O)C3)oc2c1OCC. The molecule has 142 valence electrons. The van der Waals surface area contributed by atoms with Gasteiger partial charge in [-0.25, -0.2) is 0 Å². The van der Waals surface area contributed by atoms with Crippen molar-refractivity contribution in [2.75, 3.05) is 39.5 Å². The zero-order chi connectivity index (χ0) is 18.7. The van der Waals surface area contributed by atoms with Gasteiger partial charge in [0, 0.05) is 24.0 Å². The maximum absolute atomic E-state index is 13.0. The van der Waals surface area contributed by atoms with Crippen molar-refractivity contribution in [2.24, 2.45) is 0 Å². The van der Waals surface area contributed by atoms with Gasteiger partial charge in [-0.1, -0.05) is 0 Å². The lowest BCUT2D eigenvalue weighted by Crippen LogP contribution is -2.37. The van der Waals surface area contributed by atoms with Crippen molar-refractivity contribution in [1.82, 2.24) is 4.90 Å². The van der Waals surface area contributed by atoms with Crippen LogP contribution in [0.4, 0.5) is 0 Å². The Bertz CT molecular complexity index is 784. The number of fused-ring (bicyclic) bond motifs is 1. The fraction of sp³-hybridized carbons (Fsp3) is 0.526. The molecule has 1 aromatic carbocycles. The topological polar surface area (TPSA) is 81.4 Å². The predicted octanol–water partition coefficient (Wildman–Crippen LogP) is 2.37. The molecule has 0 unspecified atom stereocenters. The maximum atomic E-state index is 13.0. The number of hydrogen-bond donors (Lipinski definition) is 1. The number of aliphatic hydroxyl groups is 1. The first-order chi connectivity index (χ1) is 12.6. The van der Waals surface area contributed by atoms with Crippen molar-refractivity contribution in [3.63, 3.8) is 0 Å². The second-order valence-corrected chi connectivity index (χ2v) is 6.17. The molecular weight excluding hydrogens is 338 g/mol. The Morgan fingerprint density at radius 3 is 2.81 bits per heavy atom. The van der Waals surface area contributed by atoms with E-state index in [0.29, 0.717) is 43.4 Å². The summed E-state index contributed by atoms with van der Waals surface area (Å²) in [4.78, 5) is 14.5. The van der Waals surface area contributed by atoms with E-state index in [1.165, 1.54) is 0 Å². The van der Waals surface area contributed by atoms with Crippen molar-refractivity contribution in [1.29, 1.82) is 0 Å². The van der Waals surface area contributed by atoms with E-state index in [9.17, 15) is 9.90 Å². The molecule has 3 rings (SSSR count). The Labute approximate surface area is 152 Å². The quantitative estimate of drug-likeness (QED) is 0.878. The first-order valence-corrected chi connectivity index (χ1v) is 8.93. The monoisotopic (exact) mass is 363 g/mol. The molecule has 7 heteroatoms. The molecule has 2 heterocycles. The van der Waals surface area contributed by atoms with Gasteiger partial charge in [0.15, 0.2) is 17.1 Å². The molecule has 2 aromatic rings. The van der Waals surface area contributed by atoms with Gasteiger partial charge >= 0.3 is 0 Å². The number of benzene rings is 1. The van der Waals surface area contributed by atoms with Crippen molar-refractivity contribution < 1.29 is 28.5 Å². The van der Waals surface area contributed by atoms with E-state index in [1.807, 2.05) is 32.9 Å². The number of carbonyl (C=O) groups is 1. The fourth-order valence-corrected chi connectivity index (χ4v) is 3.12. The third kappa shape index (κ3) is 3.50. The van der Waals surface area contributed by atoms with Crippen molar-refractivity contribution in [2.45, 2.75) is 26.9 Å². The summed E-state index contributed by atoms with van der Waals surface area (Å²) in [5.41, 5.74) is 1.25.